The number of hydrogen-bond acceptors (Lipinski definition) is 5. The zero-order chi connectivity index (χ0) is 20.9. The van der Waals surface area contributed by atoms with E-state index in [0.29, 0.717) is 39.0 Å². The van der Waals surface area contributed by atoms with Gasteiger partial charge in [-0.25, -0.2) is 0 Å². The molecule has 0 saturated carbocycles. The van der Waals surface area contributed by atoms with Gasteiger partial charge in [0, 0.05) is 17.5 Å². The van der Waals surface area contributed by atoms with Gasteiger partial charge in [0.15, 0.2) is 11.5 Å². The molecule has 0 bridgehead atoms. The number of anilines is 1. The van der Waals surface area contributed by atoms with Crippen LogP contribution in [0.25, 0.3) is 0 Å². The van der Waals surface area contributed by atoms with E-state index in [0.717, 1.165) is 0 Å². The topological polar surface area (TPSA) is 74.1 Å². The first kappa shape index (κ1) is 20.6. The Balaban J connectivity index is 2.15. The lowest BCUT2D eigenvalue weighted by Gasteiger charge is -2.35. The van der Waals surface area contributed by atoms with Gasteiger partial charge in [0.1, 0.15) is 5.60 Å². The number of hydrazone groups is 1. The molecular formula is C21H24Cl2N2O3. The molecule has 1 aliphatic heterocycles. The van der Waals surface area contributed by atoms with Gasteiger partial charge in [-0.05, 0) is 37.5 Å². The van der Waals surface area contributed by atoms with Crippen LogP contribution in [0, 0.1) is 0 Å². The Kier molecular flexibility index (Phi) is 5.19. The molecule has 150 valence electrons. The second kappa shape index (κ2) is 7.05. The molecule has 0 radical (unpaired) electrons. The van der Waals surface area contributed by atoms with Gasteiger partial charge in [-0.2, -0.15) is 5.10 Å². The van der Waals surface area contributed by atoms with Crippen LogP contribution in [0.2, 0.25) is 10.0 Å². The summed E-state index contributed by atoms with van der Waals surface area (Å²) in [5.74, 6) is -0.239. The van der Waals surface area contributed by atoms with E-state index in [4.69, 9.17) is 27.9 Å². The molecule has 5 nitrogen and oxygen atoms in total. The van der Waals surface area contributed by atoms with Crippen molar-refractivity contribution in [2.75, 3.05) is 5.43 Å². The molecule has 1 aliphatic rings. The minimum absolute atomic E-state index is 0.176. The highest BCUT2D eigenvalue weighted by Crippen LogP contribution is 2.49. The van der Waals surface area contributed by atoms with Crippen molar-refractivity contribution in [3.63, 3.8) is 0 Å². The van der Waals surface area contributed by atoms with Crippen LogP contribution in [-0.2, 0) is 5.41 Å². The van der Waals surface area contributed by atoms with Crippen molar-refractivity contribution in [3.05, 3.63) is 45.4 Å². The molecule has 3 N–H and O–H groups in total. The van der Waals surface area contributed by atoms with E-state index in [2.05, 4.69) is 10.5 Å². The zero-order valence-electron chi connectivity index (χ0n) is 16.5. The second-order valence-corrected chi connectivity index (χ2v) is 9.37. The van der Waals surface area contributed by atoms with Crippen LogP contribution in [0.15, 0.2) is 29.4 Å². The first-order chi connectivity index (χ1) is 12.9. The third-order valence-corrected chi connectivity index (χ3v) is 5.21. The minimum Gasteiger partial charge on any atom is -0.504 e. The third kappa shape index (κ3) is 3.87. The lowest BCUT2D eigenvalue weighted by Crippen LogP contribution is -2.37. The fraction of sp³-hybridized carbons (Fsp3) is 0.381. The fourth-order valence-corrected chi connectivity index (χ4v) is 3.65. The highest BCUT2D eigenvalue weighted by molar-refractivity contribution is 6.39. The standard InChI is InChI=1S/C21H24Cl2N2O3/c1-20(2,3)12-9-11-15(24-25-16-13(22)7-6-8-14(16)23)10-21(4,5)28-19(11)18(27)17(12)26/h6-9,25-27H,10H2,1-5H3/b24-15+. The number of ether oxygens (including phenoxy) is 1. The van der Waals surface area contributed by atoms with Crippen LogP contribution in [0.1, 0.15) is 52.2 Å². The van der Waals surface area contributed by atoms with E-state index in [9.17, 15) is 10.2 Å². The van der Waals surface area contributed by atoms with Crippen LogP contribution in [-0.4, -0.2) is 21.5 Å². The largest absolute Gasteiger partial charge is 0.504 e. The maximum Gasteiger partial charge on any atom is 0.201 e. The van der Waals surface area contributed by atoms with Gasteiger partial charge in [0.2, 0.25) is 5.75 Å². The molecule has 1 heterocycles. The summed E-state index contributed by atoms with van der Waals surface area (Å²) in [7, 11) is 0. The van der Waals surface area contributed by atoms with Gasteiger partial charge in [-0.1, -0.05) is 50.0 Å². The second-order valence-electron chi connectivity index (χ2n) is 8.55. The van der Waals surface area contributed by atoms with Crippen molar-refractivity contribution in [2.24, 2.45) is 5.10 Å². The maximum atomic E-state index is 10.6. The van der Waals surface area contributed by atoms with Gasteiger partial charge in [0.05, 0.1) is 21.4 Å². The number of aromatic hydroxyl groups is 2. The number of rotatable bonds is 2. The monoisotopic (exact) mass is 422 g/mol. The predicted molar refractivity (Wildman–Crippen MR) is 114 cm³/mol. The van der Waals surface area contributed by atoms with Crippen LogP contribution >= 0.6 is 23.2 Å². The number of nitrogens with one attached hydrogen (secondary N) is 1. The van der Waals surface area contributed by atoms with Crippen LogP contribution in [0.5, 0.6) is 17.2 Å². The average molecular weight is 423 g/mol. The Morgan fingerprint density at radius 2 is 1.71 bits per heavy atom. The molecular weight excluding hydrogens is 399 g/mol. The van der Waals surface area contributed by atoms with E-state index in [1.807, 2.05) is 40.7 Å². The summed E-state index contributed by atoms with van der Waals surface area (Å²) in [6, 6.07) is 7.01. The number of nitrogens with zero attached hydrogens (tertiary/aromatic N) is 1. The summed E-state index contributed by atoms with van der Waals surface area (Å²) in [4.78, 5) is 0. The Hall–Kier alpha value is -2.11. The smallest absolute Gasteiger partial charge is 0.201 e. The third-order valence-electron chi connectivity index (χ3n) is 4.58. The van der Waals surface area contributed by atoms with Crippen LogP contribution < -0.4 is 10.2 Å². The van der Waals surface area contributed by atoms with Gasteiger partial charge in [0.25, 0.3) is 0 Å². The first-order valence-corrected chi connectivity index (χ1v) is 9.72. The van der Waals surface area contributed by atoms with Gasteiger partial charge in [-0.15, -0.1) is 0 Å². The molecule has 0 atom stereocenters. The zero-order valence-corrected chi connectivity index (χ0v) is 18.0. The van der Waals surface area contributed by atoms with E-state index < -0.39 is 5.60 Å². The summed E-state index contributed by atoms with van der Waals surface area (Å²) in [5, 5.41) is 26.6. The fourth-order valence-electron chi connectivity index (χ4n) is 3.17. The molecule has 2 aromatic rings. The summed E-state index contributed by atoms with van der Waals surface area (Å²) < 4.78 is 5.96. The Morgan fingerprint density at radius 3 is 2.29 bits per heavy atom. The normalized spacial score (nSPS) is 17.2. The molecule has 0 unspecified atom stereocenters. The molecule has 3 rings (SSSR count). The number of halogens is 2. The molecule has 0 amide bonds. The van der Waals surface area contributed by atoms with E-state index in [-0.39, 0.29) is 22.7 Å². The SMILES string of the molecule is CC1(C)C/C(=N\Nc2c(Cl)cccc2Cl)c2cc(C(C)(C)C)c(O)c(O)c2O1. The van der Waals surface area contributed by atoms with Crippen molar-refractivity contribution < 1.29 is 14.9 Å². The summed E-state index contributed by atoms with van der Waals surface area (Å²) in [6.07, 6.45) is 0.489. The highest BCUT2D eigenvalue weighted by atomic mass is 35.5. The van der Waals surface area contributed by atoms with Crippen LogP contribution in [0.4, 0.5) is 5.69 Å². The highest BCUT2D eigenvalue weighted by Gasteiger charge is 2.36. The maximum absolute atomic E-state index is 10.6. The molecule has 0 fully saturated rings. The van der Waals surface area contributed by atoms with Crippen LogP contribution in [0.3, 0.4) is 0 Å². The van der Waals surface area contributed by atoms with Crippen molar-refractivity contribution in [1.82, 2.24) is 0 Å². The van der Waals surface area contributed by atoms with Crippen molar-refractivity contribution in [3.8, 4) is 17.2 Å². The molecule has 0 aromatic heterocycles. The molecule has 0 aliphatic carbocycles. The number of phenolic OH excluding ortho intramolecular Hbond substituents is 2. The molecule has 7 heteroatoms. The predicted octanol–water partition coefficient (Wildman–Crippen LogP) is 6.08. The molecule has 0 saturated heterocycles. The van der Waals surface area contributed by atoms with Crippen molar-refractivity contribution in [2.45, 2.75) is 52.1 Å². The number of para-hydroxylation sites is 1. The molecule has 0 spiro atoms. The van der Waals surface area contributed by atoms with Gasteiger partial charge < -0.3 is 14.9 Å². The Bertz CT molecular complexity index is 943. The number of benzene rings is 2. The van der Waals surface area contributed by atoms with Crippen molar-refractivity contribution >= 4 is 34.6 Å². The molecule has 2 aromatic carbocycles. The molecule has 28 heavy (non-hydrogen) atoms. The quantitative estimate of drug-likeness (QED) is 0.404. The lowest BCUT2D eigenvalue weighted by atomic mass is 9.82. The Labute approximate surface area is 174 Å². The summed E-state index contributed by atoms with van der Waals surface area (Å²) in [5.41, 5.74) is 4.35. The van der Waals surface area contributed by atoms with E-state index in [1.54, 1.807) is 18.2 Å². The number of phenols is 2. The Morgan fingerprint density at radius 1 is 1.11 bits per heavy atom. The van der Waals surface area contributed by atoms with Gasteiger partial charge in [-0.3, -0.25) is 5.43 Å². The summed E-state index contributed by atoms with van der Waals surface area (Å²) in [6.45, 7) is 9.66. The number of hydrogen-bond donors (Lipinski definition) is 3. The number of fused-ring (bicyclic) bond motifs is 1. The summed E-state index contributed by atoms with van der Waals surface area (Å²) >= 11 is 12.4. The van der Waals surface area contributed by atoms with E-state index >= 15 is 0 Å². The lowest BCUT2D eigenvalue weighted by molar-refractivity contribution is 0.106. The minimum atomic E-state index is -0.620. The average Bonchev–Trinajstić information content (AvgIpc) is 2.56. The van der Waals surface area contributed by atoms with Crippen molar-refractivity contribution in [1.29, 1.82) is 0 Å². The van der Waals surface area contributed by atoms with E-state index in [1.165, 1.54) is 0 Å². The first-order valence-electron chi connectivity index (χ1n) is 8.96. The van der Waals surface area contributed by atoms with Gasteiger partial charge >= 0.3 is 0 Å².